The Morgan fingerprint density at radius 3 is 3.20 bits per heavy atom. The average Bonchev–Trinajstić information content (AvgIpc) is 2.23. The zero-order valence-electron chi connectivity index (χ0n) is 8.47. The minimum absolute atomic E-state index is 0.188. The largest absolute Gasteiger partial charge is 0.390 e. The van der Waals surface area contributed by atoms with E-state index in [1.165, 1.54) is 24.0 Å². The number of thioether (sulfide) groups is 1. The number of aliphatic hydroxyl groups is 1. The van der Waals surface area contributed by atoms with Crippen molar-refractivity contribution in [1.82, 2.24) is 9.97 Å². The van der Waals surface area contributed by atoms with Crippen molar-refractivity contribution in [2.24, 2.45) is 0 Å². The van der Waals surface area contributed by atoms with Gasteiger partial charge in [-0.1, -0.05) is 11.8 Å². The summed E-state index contributed by atoms with van der Waals surface area (Å²) in [4.78, 5) is 17.4. The molecule has 84 valence electrons. The van der Waals surface area contributed by atoms with Crippen molar-refractivity contribution < 1.29 is 9.84 Å². The molecule has 0 amide bonds. The van der Waals surface area contributed by atoms with E-state index in [1.807, 2.05) is 6.92 Å². The molecule has 0 aromatic carbocycles. The van der Waals surface area contributed by atoms with Gasteiger partial charge in [-0.15, -0.1) is 0 Å². The molecule has 1 rings (SSSR count). The molecule has 0 saturated carbocycles. The highest BCUT2D eigenvalue weighted by molar-refractivity contribution is 7.99. The van der Waals surface area contributed by atoms with Crippen LogP contribution in [-0.2, 0) is 4.74 Å². The number of nitrogens with one attached hydrogen (secondary N) is 1. The summed E-state index contributed by atoms with van der Waals surface area (Å²) in [5.41, 5.74) is -0.188. The van der Waals surface area contributed by atoms with Crippen LogP contribution in [0.3, 0.4) is 0 Å². The topological polar surface area (TPSA) is 75.2 Å². The summed E-state index contributed by atoms with van der Waals surface area (Å²) < 4.78 is 5.05. The van der Waals surface area contributed by atoms with Gasteiger partial charge in [0.1, 0.15) is 0 Å². The lowest BCUT2D eigenvalue weighted by molar-refractivity contribution is 0.0551. The maximum Gasteiger partial charge on any atom is 0.251 e. The fourth-order valence-corrected chi connectivity index (χ4v) is 1.66. The molecule has 1 atom stereocenters. The Bertz CT molecular complexity index is 342. The van der Waals surface area contributed by atoms with E-state index in [0.717, 1.165) is 0 Å². The Morgan fingerprint density at radius 1 is 1.73 bits per heavy atom. The van der Waals surface area contributed by atoms with Crippen molar-refractivity contribution >= 4 is 11.8 Å². The highest BCUT2D eigenvalue weighted by Gasteiger charge is 2.05. The maximum absolute atomic E-state index is 10.9. The molecule has 1 heterocycles. The fraction of sp³-hybridized carbons (Fsp3) is 0.556. The summed E-state index contributed by atoms with van der Waals surface area (Å²) in [5, 5.41) is 9.96. The third-order valence-corrected chi connectivity index (χ3v) is 2.61. The van der Waals surface area contributed by atoms with Crippen LogP contribution in [0.4, 0.5) is 0 Å². The standard InChI is InChI=1S/C9H14N2O3S/c1-2-14-5-7(12)6-15-9-10-4-3-8(13)11-9/h3-4,7,12H,2,5-6H2,1H3,(H,10,11,13). The number of aromatic amines is 1. The molecule has 0 radical (unpaired) electrons. The van der Waals surface area contributed by atoms with E-state index >= 15 is 0 Å². The van der Waals surface area contributed by atoms with Crippen LogP contribution < -0.4 is 5.56 Å². The van der Waals surface area contributed by atoms with E-state index in [9.17, 15) is 9.90 Å². The molecule has 0 spiro atoms. The summed E-state index contributed by atoms with van der Waals surface area (Å²) in [6.45, 7) is 2.76. The van der Waals surface area contributed by atoms with Crippen LogP contribution in [0, 0.1) is 0 Å². The van der Waals surface area contributed by atoms with E-state index in [2.05, 4.69) is 9.97 Å². The Kier molecular flexibility index (Phi) is 5.38. The number of hydrogen-bond acceptors (Lipinski definition) is 5. The van der Waals surface area contributed by atoms with Crippen LogP contribution in [0.5, 0.6) is 0 Å². The minimum atomic E-state index is -0.541. The molecule has 5 nitrogen and oxygen atoms in total. The number of aromatic nitrogens is 2. The molecule has 1 aromatic heterocycles. The van der Waals surface area contributed by atoms with E-state index in [0.29, 0.717) is 24.1 Å². The quantitative estimate of drug-likeness (QED) is 0.541. The first kappa shape index (κ1) is 12.2. The molecule has 0 aliphatic rings. The molecule has 15 heavy (non-hydrogen) atoms. The Hall–Kier alpha value is -0.850. The van der Waals surface area contributed by atoms with Gasteiger partial charge < -0.3 is 14.8 Å². The highest BCUT2D eigenvalue weighted by Crippen LogP contribution is 2.11. The van der Waals surface area contributed by atoms with Gasteiger partial charge in [0.25, 0.3) is 5.56 Å². The normalized spacial score (nSPS) is 12.7. The zero-order valence-corrected chi connectivity index (χ0v) is 9.29. The second kappa shape index (κ2) is 6.60. The number of nitrogens with zero attached hydrogens (tertiary/aromatic N) is 1. The number of rotatable bonds is 6. The second-order valence-corrected chi connectivity index (χ2v) is 3.87. The fourth-order valence-electron chi connectivity index (χ4n) is 0.902. The van der Waals surface area contributed by atoms with Gasteiger partial charge in [-0.25, -0.2) is 4.98 Å². The summed E-state index contributed by atoms with van der Waals surface area (Å²) in [6, 6.07) is 1.35. The molecule has 0 saturated heterocycles. The predicted molar refractivity (Wildman–Crippen MR) is 58.1 cm³/mol. The van der Waals surface area contributed by atoms with Crippen LogP contribution in [-0.4, -0.2) is 40.1 Å². The molecule has 1 aromatic rings. The number of H-pyrrole nitrogens is 1. The van der Waals surface area contributed by atoms with E-state index in [4.69, 9.17) is 4.74 Å². The molecule has 0 aliphatic carbocycles. The third kappa shape index (κ3) is 4.96. The van der Waals surface area contributed by atoms with Crippen molar-refractivity contribution in [3.8, 4) is 0 Å². The first-order valence-corrected chi connectivity index (χ1v) is 5.65. The molecule has 0 aliphatic heterocycles. The summed E-state index contributed by atoms with van der Waals surface area (Å²) in [5.74, 6) is 0.451. The Labute approximate surface area is 91.9 Å². The first-order valence-electron chi connectivity index (χ1n) is 4.66. The molecule has 0 fully saturated rings. The van der Waals surface area contributed by atoms with Crippen LogP contribution in [0.15, 0.2) is 22.2 Å². The van der Waals surface area contributed by atoms with Crippen molar-refractivity contribution in [2.45, 2.75) is 18.2 Å². The molecular weight excluding hydrogens is 216 g/mol. The van der Waals surface area contributed by atoms with Crippen LogP contribution in [0.1, 0.15) is 6.92 Å². The predicted octanol–water partition coefficient (Wildman–Crippen LogP) is 0.259. The Balaban J connectivity index is 2.33. The monoisotopic (exact) mass is 230 g/mol. The third-order valence-electron chi connectivity index (χ3n) is 1.57. The van der Waals surface area contributed by atoms with Crippen molar-refractivity contribution in [3.63, 3.8) is 0 Å². The average molecular weight is 230 g/mol. The van der Waals surface area contributed by atoms with Gasteiger partial charge in [-0.3, -0.25) is 4.79 Å². The molecular formula is C9H14N2O3S. The second-order valence-electron chi connectivity index (χ2n) is 2.86. The van der Waals surface area contributed by atoms with Gasteiger partial charge in [0.2, 0.25) is 0 Å². The smallest absolute Gasteiger partial charge is 0.251 e. The number of ether oxygens (including phenoxy) is 1. The lowest BCUT2D eigenvalue weighted by atomic mass is 10.4. The van der Waals surface area contributed by atoms with Crippen LogP contribution >= 0.6 is 11.8 Å². The summed E-state index contributed by atoms with van der Waals surface area (Å²) >= 11 is 1.30. The Morgan fingerprint density at radius 2 is 2.53 bits per heavy atom. The molecule has 1 unspecified atom stereocenters. The highest BCUT2D eigenvalue weighted by atomic mass is 32.2. The van der Waals surface area contributed by atoms with Gasteiger partial charge in [-0.2, -0.15) is 0 Å². The van der Waals surface area contributed by atoms with E-state index < -0.39 is 6.10 Å². The van der Waals surface area contributed by atoms with Crippen molar-refractivity contribution in [3.05, 3.63) is 22.6 Å². The van der Waals surface area contributed by atoms with Crippen molar-refractivity contribution in [2.75, 3.05) is 19.0 Å². The van der Waals surface area contributed by atoms with Gasteiger partial charge in [0, 0.05) is 24.6 Å². The van der Waals surface area contributed by atoms with Crippen LogP contribution in [0.2, 0.25) is 0 Å². The van der Waals surface area contributed by atoms with Crippen molar-refractivity contribution in [1.29, 1.82) is 0 Å². The number of aliphatic hydroxyl groups excluding tert-OH is 1. The first-order chi connectivity index (χ1) is 7.22. The SMILES string of the molecule is CCOCC(O)CSc1nccc(=O)[nH]1. The summed E-state index contributed by atoms with van der Waals surface area (Å²) in [7, 11) is 0. The molecule has 6 heteroatoms. The van der Waals surface area contributed by atoms with E-state index in [-0.39, 0.29) is 5.56 Å². The summed E-state index contributed by atoms with van der Waals surface area (Å²) in [6.07, 6.45) is 0.899. The van der Waals surface area contributed by atoms with Gasteiger partial charge in [-0.05, 0) is 6.92 Å². The zero-order chi connectivity index (χ0) is 11.1. The van der Waals surface area contributed by atoms with Crippen LogP contribution in [0.25, 0.3) is 0 Å². The number of hydrogen-bond donors (Lipinski definition) is 2. The molecule has 0 bridgehead atoms. The van der Waals surface area contributed by atoms with E-state index in [1.54, 1.807) is 0 Å². The minimum Gasteiger partial charge on any atom is -0.390 e. The van der Waals surface area contributed by atoms with Gasteiger partial charge in [0.05, 0.1) is 12.7 Å². The lowest BCUT2D eigenvalue weighted by Gasteiger charge is -2.08. The maximum atomic E-state index is 10.9. The molecule has 2 N–H and O–H groups in total. The van der Waals surface area contributed by atoms with Gasteiger partial charge in [0.15, 0.2) is 5.16 Å². The van der Waals surface area contributed by atoms with Gasteiger partial charge >= 0.3 is 0 Å². The lowest BCUT2D eigenvalue weighted by Crippen LogP contribution is -2.18.